The fourth-order valence-corrected chi connectivity index (χ4v) is 6.29. The molecule has 3 N–H and O–H groups in total. The van der Waals surface area contributed by atoms with Crippen LogP contribution in [0.25, 0.3) is 16.9 Å². The lowest BCUT2D eigenvalue weighted by molar-refractivity contribution is 0.0252. The normalized spacial score (nSPS) is 15.6. The second-order valence-corrected chi connectivity index (χ2v) is 11.5. The Morgan fingerprint density at radius 3 is 2.32 bits per heavy atom. The zero-order chi connectivity index (χ0) is 28.2. The standard InChI is InChI=1S/C33H35BClN5O/c34-27-22-38-40-30(19-29(39-31(27)40)26-11-5-6-12-28(26)35)36-20-23-13-15-24(16-14-23)21-37-32(41)33(17-7-2-8-18-33)25-9-3-1-4-10-25/h1,3-6,9-16,19,22,32,36-37,41H,2,7-8,17-18,20-21,34H2. The molecular weight excluding hydrogens is 529 g/mol. The van der Waals surface area contributed by atoms with Gasteiger partial charge < -0.3 is 10.4 Å². The van der Waals surface area contributed by atoms with Gasteiger partial charge in [0.25, 0.3) is 0 Å². The van der Waals surface area contributed by atoms with E-state index in [1.165, 1.54) is 12.0 Å². The van der Waals surface area contributed by atoms with Crippen molar-refractivity contribution in [3.05, 3.63) is 113 Å². The number of anilines is 1. The lowest BCUT2D eigenvalue weighted by atomic mass is 9.68. The van der Waals surface area contributed by atoms with Gasteiger partial charge in [-0.1, -0.05) is 104 Å². The molecule has 6 nitrogen and oxygen atoms in total. The van der Waals surface area contributed by atoms with Crippen molar-refractivity contribution in [3.8, 4) is 11.3 Å². The van der Waals surface area contributed by atoms with Crippen LogP contribution in [0.2, 0.25) is 5.02 Å². The van der Waals surface area contributed by atoms with E-state index >= 15 is 0 Å². The fourth-order valence-electron chi connectivity index (χ4n) is 6.06. The van der Waals surface area contributed by atoms with Crippen molar-refractivity contribution in [3.63, 3.8) is 0 Å². The first-order valence-corrected chi connectivity index (χ1v) is 14.8. The first-order chi connectivity index (χ1) is 20.0. The summed E-state index contributed by atoms with van der Waals surface area (Å²) >= 11 is 6.49. The summed E-state index contributed by atoms with van der Waals surface area (Å²) in [6.07, 6.45) is 6.79. The smallest absolute Gasteiger partial charge is 0.151 e. The number of aliphatic hydroxyl groups excluding tert-OH is 1. The zero-order valence-corrected chi connectivity index (χ0v) is 24.1. The molecule has 1 fully saturated rings. The van der Waals surface area contributed by atoms with Crippen LogP contribution >= 0.6 is 11.6 Å². The lowest BCUT2D eigenvalue weighted by Gasteiger charge is -2.42. The summed E-state index contributed by atoms with van der Waals surface area (Å²) in [6, 6.07) is 28.8. The molecule has 6 rings (SSSR count). The minimum Gasteiger partial charge on any atom is -0.378 e. The van der Waals surface area contributed by atoms with Crippen LogP contribution in [0.4, 0.5) is 5.82 Å². The van der Waals surface area contributed by atoms with E-state index in [1.54, 1.807) is 0 Å². The highest BCUT2D eigenvalue weighted by atomic mass is 35.5. The predicted octanol–water partition coefficient (Wildman–Crippen LogP) is 5.23. The van der Waals surface area contributed by atoms with Gasteiger partial charge in [0.05, 0.1) is 5.69 Å². The molecule has 1 aliphatic rings. The molecule has 208 valence electrons. The molecule has 41 heavy (non-hydrogen) atoms. The van der Waals surface area contributed by atoms with Gasteiger partial charge in [0, 0.05) is 41.4 Å². The monoisotopic (exact) mass is 563 g/mol. The largest absolute Gasteiger partial charge is 0.378 e. The van der Waals surface area contributed by atoms with Crippen LogP contribution in [0.1, 0.15) is 48.8 Å². The maximum absolute atomic E-state index is 11.4. The molecule has 0 aliphatic heterocycles. The van der Waals surface area contributed by atoms with Crippen molar-refractivity contribution in [1.29, 1.82) is 0 Å². The summed E-state index contributed by atoms with van der Waals surface area (Å²) in [5.41, 5.74) is 6.79. The molecule has 0 bridgehead atoms. The van der Waals surface area contributed by atoms with Crippen LogP contribution in [0.15, 0.2) is 91.1 Å². The maximum Gasteiger partial charge on any atom is 0.151 e. The summed E-state index contributed by atoms with van der Waals surface area (Å²) < 4.78 is 1.84. The Morgan fingerprint density at radius 2 is 1.59 bits per heavy atom. The van der Waals surface area contributed by atoms with Crippen molar-refractivity contribution >= 4 is 36.4 Å². The molecule has 0 spiro atoms. The van der Waals surface area contributed by atoms with Gasteiger partial charge in [-0.15, -0.1) is 0 Å². The van der Waals surface area contributed by atoms with Gasteiger partial charge in [-0.2, -0.15) is 9.61 Å². The average molecular weight is 564 g/mol. The topological polar surface area (TPSA) is 74.5 Å². The van der Waals surface area contributed by atoms with Crippen LogP contribution in [-0.4, -0.2) is 33.8 Å². The number of nitrogens with zero attached hydrogens (tertiary/aromatic N) is 3. The minimum atomic E-state index is -0.592. The fraction of sp³-hybridized carbons (Fsp3) is 0.273. The van der Waals surface area contributed by atoms with Crippen molar-refractivity contribution in [2.24, 2.45) is 0 Å². The highest BCUT2D eigenvalue weighted by molar-refractivity contribution is 6.36. The third-order valence-electron chi connectivity index (χ3n) is 8.41. The number of fused-ring (bicyclic) bond motifs is 1. The van der Waals surface area contributed by atoms with Gasteiger partial charge >= 0.3 is 0 Å². The van der Waals surface area contributed by atoms with E-state index < -0.39 is 6.23 Å². The second-order valence-electron chi connectivity index (χ2n) is 11.1. The van der Waals surface area contributed by atoms with E-state index in [1.807, 2.05) is 55.0 Å². The van der Waals surface area contributed by atoms with Crippen molar-refractivity contribution in [2.75, 3.05) is 5.32 Å². The molecule has 0 amide bonds. The highest BCUT2D eigenvalue weighted by Gasteiger charge is 2.40. The van der Waals surface area contributed by atoms with Gasteiger partial charge in [-0.3, -0.25) is 5.32 Å². The Bertz CT molecular complexity index is 1620. The Hall–Kier alpha value is -3.65. The minimum absolute atomic E-state index is 0.229. The SMILES string of the molecule is Bc1cnn2c(NCc3ccc(CNC(O)C4(c5ccccc5)CCCCC4)cc3)cc(-c3ccccc3Cl)nc12. The average Bonchev–Trinajstić information content (AvgIpc) is 3.40. The van der Waals surface area contributed by atoms with Crippen LogP contribution in [0.3, 0.4) is 0 Å². The molecule has 8 heteroatoms. The van der Waals surface area contributed by atoms with Gasteiger partial charge in [-0.05, 0) is 41.1 Å². The molecule has 1 saturated carbocycles. The number of hydrogen-bond acceptors (Lipinski definition) is 5. The van der Waals surface area contributed by atoms with Crippen LogP contribution < -0.4 is 16.1 Å². The quantitative estimate of drug-likeness (QED) is 0.169. The van der Waals surface area contributed by atoms with Crippen molar-refractivity contribution in [2.45, 2.75) is 56.8 Å². The molecule has 0 saturated heterocycles. The van der Waals surface area contributed by atoms with E-state index in [4.69, 9.17) is 16.6 Å². The highest BCUT2D eigenvalue weighted by Crippen LogP contribution is 2.41. The van der Waals surface area contributed by atoms with E-state index in [2.05, 4.69) is 64.3 Å². The summed E-state index contributed by atoms with van der Waals surface area (Å²) in [4.78, 5) is 4.83. The summed E-state index contributed by atoms with van der Waals surface area (Å²) in [7, 11) is 2.01. The van der Waals surface area contributed by atoms with E-state index in [0.717, 1.165) is 65.0 Å². The number of nitrogens with one attached hydrogen (secondary N) is 2. The van der Waals surface area contributed by atoms with E-state index in [0.29, 0.717) is 18.1 Å². The molecule has 3 aromatic carbocycles. The second kappa shape index (κ2) is 12.1. The number of aliphatic hydroxyl groups is 1. The molecule has 1 atom stereocenters. The first kappa shape index (κ1) is 27.5. The number of rotatable bonds is 9. The number of aromatic nitrogens is 3. The van der Waals surface area contributed by atoms with Crippen molar-refractivity contribution < 1.29 is 5.11 Å². The lowest BCUT2D eigenvalue weighted by Crippen LogP contribution is -2.49. The zero-order valence-electron chi connectivity index (χ0n) is 23.4. The molecular formula is C33H35BClN5O. The third kappa shape index (κ3) is 5.75. The summed E-state index contributed by atoms with van der Waals surface area (Å²) in [6.45, 7) is 1.25. The summed E-state index contributed by atoms with van der Waals surface area (Å²) in [5, 5.41) is 23.6. The molecule has 1 aliphatic carbocycles. The molecule has 0 radical (unpaired) electrons. The van der Waals surface area contributed by atoms with Crippen LogP contribution in [0.5, 0.6) is 0 Å². The van der Waals surface area contributed by atoms with Crippen LogP contribution in [0, 0.1) is 0 Å². The Morgan fingerprint density at radius 1 is 0.902 bits per heavy atom. The summed E-state index contributed by atoms with van der Waals surface area (Å²) in [5.74, 6) is 0.852. The van der Waals surface area contributed by atoms with Gasteiger partial charge in [-0.25, -0.2) is 4.98 Å². The number of benzene rings is 3. The Balaban J connectivity index is 1.14. The molecule has 2 aromatic heterocycles. The number of halogens is 1. The Labute approximate surface area is 247 Å². The van der Waals surface area contributed by atoms with Gasteiger partial charge in [0.1, 0.15) is 19.9 Å². The van der Waals surface area contributed by atoms with Crippen LogP contribution in [-0.2, 0) is 18.5 Å². The van der Waals surface area contributed by atoms with Gasteiger partial charge in [0.15, 0.2) is 5.65 Å². The molecule has 1 unspecified atom stereocenters. The molecule has 2 heterocycles. The van der Waals surface area contributed by atoms with Gasteiger partial charge in [0.2, 0.25) is 0 Å². The molecule has 5 aromatic rings. The third-order valence-corrected chi connectivity index (χ3v) is 8.74. The maximum atomic E-state index is 11.4. The van der Waals surface area contributed by atoms with E-state index in [-0.39, 0.29) is 5.41 Å². The Kier molecular flexibility index (Phi) is 8.10. The van der Waals surface area contributed by atoms with E-state index in [9.17, 15) is 5.11 Å². The number of hydrogen-bond donors (Lipinski definition) is 3. The predicted molar refractivity (Wildman–Crippen MR) is 169 cm³/mol. The van der Waals surface area contributed by atoms with Crippen molar-refractivity contribution in [1.82, 2.24) is 19.9 Å². The first-order valence-electron chi connectivity index (χ1n) is 14.4.